The molecule has 2 aromatic heterocycles. The largest absolute Gasteiger partial charge is 0.363 e. The van der Waals surface area contributed by atoms with Gasteiger partial charge in [0.15, 0.2) is 5.82 Å². The molecule has 3 heterocycles. The summed E-state index contributed by atoms with van der Waals surface area (Å²) in [4.78, 5) is 17.3. The van der Waals surface area contributed by atoms with Gasteiger partial charge in [-0.3, -0.25) is 4.90 Å². The summed E-state index contributed by atoms with van der Waals surface area (Å²) in [5.41, 5.74) is 3.66. The zero-order valence-electron chi connectivity index (χ0n) is 20.1. The molecule has 0 spiro atoms. The first-order valence-electron chi connectivity index (χ1n) is 11.6. The predicted molar refractivity (Wildman–Crippen MR) is 134 cm³/mol. The Labute approximate surface area is 199 Å². The van der Waals surface area contributed by atoms with Crippen LogP contribution in [0.15, 0.2) is 24.4 Å². The number of benzene rings is 1. The summed E-state index contributed by atoms with van der Waals surface area (Å²) in [5.74, 6) is 6.80. The molecule has 2 unspecified atom stereocenters. The standard InChI is InChI=1S/C26H32FN5S/c1-6-9-10-19-15-28-26(30-19)23(8-3)32-14-13-31(16-20(32)7-2)17(4)21-11-12-22-25(24(21)27)33-18(5)29-22/h8,11-12,15,17,20H,7,10,13-14,16H2,1-5H3,(H,28,30)/b23-8+. The Balaban J connectivity index is 1.52. The number of aromatic nitrogens is 3. The third kappa shape index (κ3) is 4.68. The number of hydrogen-bond acceptors (Lipinski definition) is 5. The van der Waals surface area contributed by atoms with E-state index in [9.17, 15) is 0 Å². The van der Waals surface area contributed by atoms with Crippen molar-refractivity contribution < 1.29 is 4.39 Å². The van der Waals surface area contributed by atoms with Gasteiger partial charge in [-0.15, -0.1) is 17.3 Å². The number of hydrogen-bond donors (Lipinski definition) is 1. The van der Waals surface area contributed by atoms with Gasteiger partial charge < -0.3 is 9.88 Å². The number of halogens is 1. The van der Waals surface area contributed by atoms with Crippen molar-refractivity contribution in [2.75, 3.05) is 19.6 Å². The molecule has 4 rings (SSSR count). The summed E-state index contributed by atoms with van der Waals surface area (Å²) in [6.07, 6.45) is 5.70. The van der Waals surface area contributed by atoms with E-state index in [1.165, 1.54) is 11.3 Å². The van der Waals surface area contributed by atoms with Crippen molar-refractivity contribution in [3.8, 4) is 11.8 Å². The summed E-state index contributed by atoms with van der Waals surface area (Å²) in [7, 11) is 0. The summed E-state index contributed by atoms with van der Waals surface area (Å²) in [6, 6.07) is 4.20. The molecule has 5 nitrogen and oxygen atoms in total. The SMILES string of the molecule is CC#CCc1cnc(/C(=C\C)N2CCN(C(C)c3ccc4nc(C)sc4c3F)CC2CC)[nH]1. The Hall–Kier alpha value is -2.69. The quantitative estimate of drug-likeness (QED) is 0.485. The summed E-state index contributed by atoms with van der Waals surface area (Å²) in [6.45, 7) is 12.8. The fraction of sp³-hybridized carbons (Fsp3) is 0.462. The van der Waals surface area contributed by atoms with E-state index in [1.807, 2.05) is 32.2 Å². The lowest BCUT2D eigenvalue weighted by Crippen LogP contribution is -2.52. The molecule has 1 saturated heterocycles. The molecule has 1 aromatic carbocycles. The molecule has 1 aliphatic rings. The Morgan fingerprint density at radius 1 is 1.39 bits per heavy atom. The van der Waals surface area contributed by atoms with E-state index >= 15 is 4.39 Å². The van der Waals surface area contributed by atoms with Crippen LogP contribution < -0.4 is 0 Å². The number of imidazole rings is 1. The van der Waals surface area contributed by atoms with E-state index in [2.05, 4.69) is 63.4 Å². The molecule has 3 aromatic rings. The van der Waals surface area contributed by atoms with Gasteiger partial charge in [0.05, 0.1) is 27.3 Å². The average molecular weight is 466 g/mol. The van der Waals surface area contributed by atoms with Gasteiger partial charge in [-0.25, -0.2) is 14.4 Å². The third-order valence-electron chi connectivity index (χ3n) is 6.53. The third-order valence-corrected chi connectivity index (χ3v) is 7.51. The molecule has 0 aliphatic carbocycles. The zero-order chi connectivity index (χ0) is 23.5. The first-order valence-corrected chi connectivity index (χ1v) is 12.4. The first kappa shape index (κ1) is 23.5. The van der Waals surface area contributed by atoms with Crippen molar-refractivity contribution in [2.24, 2.45) is 0 Å². The first-order chi connectivity index (χ1) is 16.0. The molecule has 0 amide bonds. The highest BCUT2D eigenvalue weighted by molar-refractivity contribution is 7.18. The van der Waals surface area contributed by atoms with E-state index in [-0.39, 0.29) is 11.9 Å². The molecule has 0 radical (unpaired) electrons. The van der Waals surface area contributed by atoms with E-state index < -0.39 is 0 Å². The molecule has 174 valence electrons. The van der Waals surface area contributed by atoms with E-state index in [0.717, 1.165) is 59.4 Å². The number of H-pyrrole nitrogens is 1. The van der Waals surface area contributed by atoms with Crippen LogP contribution in [0, 0.1) is 24.6 Å². The number of nitrogens with zero attached hydrogens (tertiary/aromatic N) is 4. The minimum atomic E-state index is -0.117. The molecule has 7 heteroatoms. The lowest BCUT2D eigenvalue weighted by molar-refractivity contribution is 0.0853. The van der Waals surface area contributed by atoms with Gasteiger partial charge in [-0.2, -0.15) is 0 Å². The monoisotopic (exact) mass is 465 g/mol. The van der Waals surface area contributed by atoms with Crippen LogP contribution in [0.1, 0.15) is 62.2 Å². The summed E-state index contributed by atoms with van der Waals surface area (Å²) < 4.78 is 16.0. The van der Waals surface area contributed by atoms with Gasteiger partial charge in [-0.1, -0.05) is 25.0 Å². The predicted octanol–water partition coefficient (Wildman–Crippen LogP) is 5.55. The summed E-state index contributed by atoms with van der Waals surface area (Å²) in [5, 5.41) is 0.898. The van der Waals surface area contributed by atoms with Gasteiger partial charge in [0.2, 0.25) is 0 Å². The molecular formula is C26H32FN5S. The molecular weight excluding hydrogens is 433 g/mol. The molecule has 0 bridgehead atoms. The molecule has 2 atom stereocenters. The number of allylic oxidation sites excluding steroid dienone is 1. The summed E-state index contributed by atoms with van der Waals surface area (Å²) >= 11 is 1.43. The normalized spacial score (nSPS) is 18.4. The van der Waals surface area contributed by atoms with Crippen LogP contribution in [-0.4, -0.2) is 50.4 Å². The molecule has 0 saturated carbocycles. The lowest BCUT2D eigenvalue weighted by Gasteiger charge is -2.45. The Morgan fingerprint density at radius 3 is 2.94 bits per heavy atom. The number of piperazine rings is 1. The van der Waals surface area contributed by atoms with Crippen LogP contribution in [0.2, 0.25) is 0 Å². The van der Waals surface area contributed by atoms with Crippen LogP contribution in [0.4, 0.5) is 4.39 Å². The number of nitrogens with one attached hydrogen (secondary N) is 1. The smallest absolute Gasteiger partial charge is 0.153 e. The molecule has 33 heavy (non-hydrogen) atoms. The van der Waals surface area contributed by atoms with Crippen LogP contribution in [0.25, 0.3) is 15.9 Å². The number of aryl methyl sites for hydroxylation is 1. The highest BCUT2D eigenvalue weighted by Crippen LogP contribution is 2.34. The number of fused-ring (bicyclic) bond motifs is 1. The van der Waals surface area contributed by atoms with Crippen molar-refractivity contribution in [2.45, 2.75) is 59.5 Å². The topological polar surface area (TPSA) is 48.1 Å². The van der Waals surface area contributed by atoms with E-state index in [4.69, 9.17) is 0 Å². The van der Waals surface area contributed by atoms with Crippen molar-refractivity contribution in [3.63, 3.8) is 0 Å². The van der Waals surface area contributed by atoms with E-state index in [0.29, 0.717) is 17.2 Å². The minimum Gasteiger partial charge on any atom is -0.363 e. The maximum atomic E-state index is 15.3. The number of aromatic amines is 1. The fourth-order valence-electron chi connectivity index (χ4n) is 4.70. The highest BCUT2D eigenvalue weighted by atomic mass is 32.1. The van der Waals surface area contributed by atoms with Gasteiger partial charge in [-0.05, 0) is 40.2 Å². The lowest BCUT2D eigenvalue weighted by atomic mass is 10.0. The van der Waals surface area contributed by atoms with Crippen LogP contribution in [0.5, 0.6) is 0 Å². The van der Waals surface area contributed by atoms with Crippen LogP contribution in [-0.2, 0) is 6.42 Å². The van der Waals surface area contributed by atoms with Crippen molar-refractivity contribution >= 4 is 27.3 Å². The molecule has 1 fully saturated rings. The number of thiazole rings is 1. The van der Waals surface area contributed by atoms with E-state index in [1.54, 1.807) is 0 Å². The average Bonchev–Trinajstić information content (AvgIpc) is 3.44. The molecule has 1 N–H and O–H groups in total. The van der Waals surface area contributed by atoms with Crippen LogP contribution in [0.3, 0.4) is 0 Å². The van der Waals surface area contributed by atoms with Gasteiger partial charge >= 0.3 is 0 Å². The minimum absolute atomic E-state index is 0.00453. The second-order valence-corrected chi connectivity index (χ2v) is 9.71. The van der Waals surface area contributed by atoms with Gasteiger partial charge in [0.1, 0.15) is 5.82 Å². The van der Waals surface area contributed by atoms with Gasteiger partial charge in [0.25, 0.3) is 0 Å². The van der Waals surface area contributed by atoms with Gasteiger partial charge in [0, 0.05) is 49.2 Å². The Kier molecular flexibility index (Phi) is 7.16. The Bertz CT molecular complexity index is 1210. The van der Waals surface area contributed by atoms with Crippen LogP contribution >= 0.6 is 11.3 Å². The maximum Gasteiger partial charge on any atom is 0.153 e. The molecule has 1 aliphatic heterocycles. The van der Waals surface area contributed by atoms with Crippen molar-refractivity contribution in [1.82, 2.24) is 24.8 Å². The number of rotatable bonds is 6. The van der Waals surface area contributed by atoms with Crippen molar-refractivity contribution in [1.29, 1.82) is 0 Å². The maximum absolute atomic E-state index is 15.3. The highest BCUT2D eigenvalue weighted by Gasteiger charge is 2.32. The second kappa shape index (κ2) is 10.1. The second-order valence-electron chi connectivity index (χ2n) is 8.51. The Morgan fingerprint density at radius 2 is 2.21 bits per heavy atom. The fourth-order valence-corrected chi connectivity index (χ4v) is 5.57. The zero-order valence-corrected chi connectivity index (χ0v) is 20.9. The van der Waals surface area contributed by atoms with Crippen molar-refractivity contribution in [3.05, 3.63) is 52.3 Å².